The van der Waals surface area contributed by atoms with Crippen molar-refractivity contribution in [1.29, 1.82) is 0 Å². The van der Waals surface area contributed by atoms with Gasteiger partial charge in [-0.15, -0.1) is 21.5 Å². The molecule has 7 nitrogen and oxygen atoms in total. The molecule has 0 unspecified atom stereocenters. The van der Waals surface area contributed by atoms with Gasteiger partial charge in [-0.2, -0.15) is 18.3 Å². The molecular formula is C28H30F4N6OS. The molecule has 0 atom stereocenters. The first-order chi connectivity index (χ1) is 18.9. The fourth-order valence-corrected chi connectivity index (χ4v) is 6.01. The van der Waals surface area contributed by atoms with Crippen LogP contribution in [0, 0.1) is 5.82 Å². The van der Waals surface area contributed by atoms with E-state index >= 15 is 0 Å². The zero-order valence-electron chi connectivity index (χ0n) is 22.4. The Morgan fingerprint density at radius 3 is 2.50 bits per heavy atom. The third-order valence-corrected chi connectivity index (χ3v) is 8.06. The molecule has 3 heterocycles. The summed E-state index contributed by atoms with van der Waals surface area (Å²) in [5.74, 6) is -0.237. The maximum Gasteiger partial charge on any atom is 0.419 e. The van der Waals surface area contributed by atoms with E-state index in [1.54, 1.807) is 11.7 Å². The van der Waals surface area contributed by atoms with Crippen LogP contribution in [0.2, 0.25) is 0 Å². The highest BCUT2D eigenvalue weighted by atomic mass is 32.1. The van der Waals surface area contributed by atoms with Crippen LogP contribution in [0.25, 0.3) is 0 Å². The molecule has 0 bridgehead atoms. The van der Waals surface area contributed by atoms with Crippen LogP contribution in [0.5, 0.6) is 5.75 Å². The average molecular weight is 575 g/mol. The van der Waals surface area contributed by atoms with Gasteiger partial charge in [0.05, 0.1) is 23.4 Å². The molecule has 4 aromatic rings. The van der Waals surface area contributed by atoms with Gasteiger partial charge in [-0.3, -0.25) is 0 Å². The van der Waals surface area contributed by atoms with Crippen molar-refractivity contribution in [2.24, 2.45) is 0 Å². The number of halogens is 4. The van der Waals surface area contributed by atoms with Gasteiger partial charge in [0.2, 0.25) is 0 Å². The van der Waals surface area contributed by atoms with Crippen molar-refractivity contribution in [3.63, 3.8) is 0 Å². The minimum atomic E-state index is -4.79. The molecule has 3 aromatic heterocycles. The number of hydrogen-bond acceptors (Lipinski definition) is 7. The predicted molar refractivity (Wildman–Crippen MR) is 144 cm³/mol. The standard InChI is InChI=1S/C28H30F4N6OS/c1-26(2,3)38-23(12-15-34-38)36-22-9-4-6-18(35-22)16-27(25-37-33-17-40-25)13-10-19(11-14-27)39-21-8-5-7-20(24(21)29)28(30,31)32/h4-9,12,15,17,19H,10-11,13-14,16H2,1-3H3,(H,35,36)/t19-,27-. The van der Waals surface area contributed by atoms with E-state index in [0.29, 0.717) is 37.9 Å². The largest absolute Gasteiger partial charge is 0.487 e. The molecule has 1 aliphatic rings. The number of rotatable bonds is 7. The minimum Gasteiger partial charge on any atom is -0.487 e. The Morgan fingerprint density at radius 1 is 1.07 bits per heavy atom. The maximum atomic E-state index is 14.6. The summed E-state index contributed by atoms with van der Waals surface area (Å²) >= 11 is 1.47. The third kappa shape index (κ3) is 5.96. The lowest BCUT2D eigenvalue weighted by Gasteiger charge is -2.38. The lowest BCUT2D eigenvalue weighted by Crippen LogP contribution is -2.38. The third-order valence-electron chi connectivity index (χ3n) is 7.13. The van der Waals surface area contributed by atoms with E-state index in [1.165, 1.54) is 17.4 Å². The molecule has 1 aromatic carbocycles. The summed E-state index contributed by atoms with van der Waals surface area (Å²) in [7, 11) is 0. The number of alkyl halides is 3. The van der Waals surface area contributed by atoms with Gasteiger partial charge >= 0.3 is 6.18 Å². The van der Waals surface area contributed by atoms with Crippen LogP contribution in [0.3, 0.4) is 0 Å². The van der Waals surface area contributed by atoms with Gasteiger partial charge in [0.1, 0.15) is 22.2 Å². The van der Waals surface area contributed by atoms with Gasteiger partial charge in [0.15, 0.2) is 11.6 Å². The molecule has 0 spiro atoms. The highest BCUT2D eigenvalue weighted by Gasteiger charge is 2.41. The Bertz CT molecular complexity index is 1440. The highest BCUT2D eigenvalue weighted by molar-refractivity contribution is 7.09. The number of benzene rings is 1. The van der Waals surface area contributed by atoms with Crippen LogP contribution in [0.4, 0.5) is 29.2 Å². The van der Waals surface area contributed by atoms with E-state index in [9.17, 15) is 17.6 Å². The second kappa shape index (κ2) is 10.8. The van der Waals surface area contributed by atoms with E-state index in [2.05, 4.69) is 41.4 Å². The summed E-state index contributed by atoms with van der Waals surface area (Å²) < 4.78 is 61.7. The second-order valence-electron chi connectivity index (χ2n) is 11.1. The van der Waals surface area contributed by atoms with Crippen molar-refractivity contribution in [2.45, 2.75) is 76.1 Å². The minimum absolute atomic E-state index is 0.205. The van der Waals surface area contributed by atoms with E-state index in [-0.39, 0.29) is 16.7 Å². The summed E-state index contributed by atoms with van der Waals surface area (Å²) in [5, 5.41) is 17.1. The molecule has 0 aliphatic heterocycles. The van der Waals surface area contributed by atoms with Crippen LogP contribution >= 0.6 is 11.3 Å². The van der Waals surface area contributed by atoms with Crippen molar-refractivity contribution >= 4 is 23.0 Å². The number of nitrogens with zero attached hydrogens (tertiary/aromatic N) is 5. The molecule has 0 amide bonds. The number of ether oxygens (including phenoxy) is 1. The van der Waals surface area contributed by atoms with Crippen LogP contribution in [0.15, 0.2) is 54.2 Å². The zero-order chi connectivity index (χ0) is 28.5. The smallest absolute Gasteiger partial charge is 0.419 e. The van der Waals surface area contributed by atoms with E-state index in [4.69, 9.17) is 9.72 Å². The molecule has 1 N–H and O–H groups in total. The maximum absolute atomic E-state index is 14.6. The number of aromatic nitrogens is 5. The number of nitrogens with one attached hydrogen (secondary N) is 1. The first-order valence-corrected chi connectivity index (χ1v) is 13.9. The molecule has 1 fully saturated rings. The van der Waals surface area contributed by atoms with Gasteiger partial charge in [0, 0.05) is 23.6 Å². The summed E-state index contributed by atoms with van der Waals surface area (Å²) in [5.41, 5.74) is 0.658. The summed E-state index contributed by atoms with van der Waals surface area (Å²) in [6, 6.07) is 10.8. The predicted octanol–water partition coefficient (Wildman–Crippen LogP) is 7.29. The lowest BCUT2D eigenvalue weighted by atomic mass is 9.70. The summed E-state index contributed by atoms with van der Waals surface area (Å²) in [6.07, 6.45) is -0.527. The Balaban J connectivity index is 1.33. The Labute approximate surface area is 233 Å². The number of anilines is 2. The molecular weight excluding hydrogens is 544 g/mol. The van der Waals surface area contributed by atoms with Crippen LogP contribution in [0.1, 0.15) is 62.7 Å². The van der Waals surface area contributed by atoms with Gasteiger partial charge in [-0.05, 0) is 70.7 Å². The molecule has 0 saturated heterocycles. The second-order valence-corrected chi connectivity index (χ2v) is 11.9. The molecule has 1 saturated carbocycles. The van der Waals surface area contributed by atoms with Crippen molar-refractivity contribution in [2.75, 3.05) is 5.32 Å². The Kier molecular flexibility index (Phi) is 7.56. The van der Waals surface area contributed by atoms with Crippen molar-refractivity contribution in [1.82, 2.24) is 25.0 Å². The van der Waals surface area contributed by atoms with Crippen LogP contribution in [-0.2, 0) is 23.6 Å². The quantitative estimate of drug-likeness (QED) is 0.234. The molecule has 40 heavy (non-hydrogen) atoms. The molecule has 212 valence electrons. The SMILES string of the molecule is CC(C)(C)n1nccc1Nc1cccc(C[C@]2(c3nncs3)CC[C@H](Oc3cccc(C(F)(F)F)c3F)CC2)n1. The van der Waals surface area contributed by atoms with Gasteiger partial charge in [-0.1, -0.05) is 12.1 Å². The lowest BCUT2D eigenvalue weighted by molar-refractivity contribution is -0.140. The van der Waals surface area contributed by atoms with Crippen LogP contribution in [-0.4, -0.2) is 31.1 Å². The molecule has 5 rings (SSSR count). The average Bonchev–Trinajstić information content (AvgIpc) is 3.59. The monoisotopic (exact) mass is 574 g/mol. The van der Waals surface area contributed by atoms with Gasteiger partial charge < -0.3 is 10.1 Å². The zero-order valence-corrected chi connectivity index (χ0v) is 23.2. The van der Waals surface area contributed by atoms with Gasteiger partial charge in [0.25, 0.3) is 0 Å². The fourth-order valence-electron chi connectivity index (χ4n) is 5.19. The van der Waals surface area contributed by atoms with E-state index < -0.39 is 23.7 Å². The number of hydrogen-bond donors (Lipinski definition) is 1. The topological polar surface area (TPSA) is 77.8 Å². The molecule has 0 radical (unpaired) electrons. The Hall–Kier alpha value is -3.54. The summed E-state index contributed by atoms with van der Waals surface area (Å²) in [4.78, 5) is 4.87. The number of pyridine rings is 1. The highest BCUT2D eigenvalue weighted by Crippen LogP contribution is 2.44. The van der Waals surface area contributed by atoms with Crippen molar-refractivity contribution in [3.8, 4) is 5.75 Å². The van der Waals surface area contributed by atoms with E-state index in [0.717, 1.165) is 28.7 Å². The van der Waals surface area contributed by atoms with Gasteiger partial charge in [-0.25, -0.2) is 14.1 Å². The Morgan fingerprint density at radius 2 is 1.82 bits per heavy atom. The van der Waals surface area contributed by atoms with Crippen molar-refractivity contribution in [3.05, 3.63) is 76.3 Å². The first kappa shape index (κ1) is 28.0. The van der Waals surface area contributed by atoms with E-state index in [1.807, 2.05) is 28.9 Å². The molecule has 1 aliphatic carbocycles. The normalized spacial score (nSPS) is 19.9. The summed E-state index contributed by atoms with van der Waals surface area (Å²) in [6.45, 7) is 6.22. The first-order valence-electron chi connectivity index (χ1n) is 13.0. The van der Waals surface area contributed by atoms with Crippen LogP contribution < -0.4 is 10.1 Å². The fraction of sp³-hybridized carbons (Fsp3) is 0.429. The molecule has 12 heteroatoms. The van der Waals surface area contributed by atoms with Crippen molar-refractivity contribution < 1.29 is 22.3 Å².